The first kappa shape index (κ1) is 16.3. The van der Waals surface area contributed by atoms with E-state index in [0.29, 0.717) is 12.5 Å². The van der Waals surface area contributed by atoms with Crippen LogP contribution >= 0.6 is 0 Å². The van der Waals surface area contributed by atoms with Crippen molar-refractivity contribution in [2.75, 3.05) is 26.2 Å². The lowest BCUT2D eigenvalue weighted by atomic mass is 10.1. The molecule has 1 heterocycles. The minimum Gasteiger partial charge on any atom is -0.303 e. The van der Waals surface area contributed by atoms with Crippen LogP contribution in [0.1, 0.15) is 25.7 Å². The molecule has 1 aromatic carbocycles. The van der Waals surface area contributed by atoms with Crippen LogP contribution in [0.3, 0.4) is 0 Å². The fourth-order valence-electron chi connectivity index (χ4n) is 2.46. The Labute approximate surface area is 124 Å². The van der Waals surface area contributed by atoms with Crippen LogP contribution in [0, 0.1) is 11.6 Å². The van der Waals surface area contributed by atoms with Crippen LogP contribution in [0.15, 0.2) is 23.1 Å². The smallest absolute Gasteiger partial charge is 0.240 e. The van der Waals surface area contributed by atoms with Crippen molar-refractivity contribution in [1.82, 2.24) is 9.62 Å². The third kappa shape index (κ3) is 5.01. The fourth-order valence-corrected chi connectivity index (χ4v) is 3.57. The van der Waals surface area contributed by atoms with Crippen LogP contribution in [-0.4, -0.2) is 39.5 Å². The highest BCUT2D eigenvalue weighted by atomic mass is 32.2. The van der Waals surface area contributed by atoms with E-state index in [2.05, 4.69) is 9.62 Å². The molecule has 0 unspecified atom stereocenters. The number of rotatable bonds is 6. The number of likely N-dealkylation sites (tertiary alicyclic amines) is 1. The Balaban J connectivity index is 1.83. The van der Waals surface area contributed by atoms with Gasteiger partial charge in [-0.05, 0) is 51.0 Å². The van der Waals surface area contributed by atoms with Gasteiger partial charge in [0.25, 0.3) is 0 Å². The molecule has 4 nitrogen and oxygen atoms in total. The first-order valence-corrected chi connectivity index (χ1v) is 8.64. The monoisotopic (exact) mass is 318 g/mol. The van der Waals surface area contributed by atoms with E-state index in [1.807, 2.05) is 0 Å². The zero-order chi connectivity index (χ0) is 15.3. The number of hydrogen-bond donors (Lipinski definition) is 1. The number of halogens is 2. The van der Waals surface area contributed by atoms with Crippen LogP contribution in [0.4, 0.5) is 8.78 Å². The molecule has 7 heteroatoms. The van der Waals surface area contributed by atoms with Gasteiger partial charge in [-0.25, -0.2) is 21.9 Å². The second-order valence-corrected chi connectivity index (χ2v) is 7.03. The molecule has 1 aliphatic rings. The van der Waals surface area contributed by atoms with Gasteiger partial charge in [0.2, 0.25) is 10.0 Å². The van der Waals surface area contributed by atoms with Gasteiger partial charge in [-0.1, -0.05) is 6.42 Å². The summed E-state index contributed by atoms with van der Waals surface area (Å²) in [5, 5.41) is 0. The Morgan fingerprint density at radius 1 is 1.05 bits per heavy atom. The molecule has 21 heavy (non-hydrogen) atoms. The summed E-state index contributed by atoms with van der Waals surface area (Å²) in [7, 11) is -3.86. The van der Waals surface area contributed by atoms with Crippen molar-refractivity contribution in [2.45, 2.75) is 30.6 Å². The Bertz CT molecular complexity index is 552. The van der Waals surface area contributed by atoms with Crippen molar-refractivity contribution in [3.05, 3.63) is 29.8 Å². The van der Waals surface area contributed by atoms with Crippen molar-refractivity contribution in [3.63, 3.8) is 0 Å². The maximum atomic E-state index is 13.1. The molecule has 0 aromatic heterocycles. The number of sulfonamides is 1. The van der Waals surface area contributed by atoms with E-state index in [4.69, 9.17) is 0 Å². The fraction of sp³-hybridized carbons (Fsp3) is 0.571. The predicted octanol–water partition coefficient (Wildman–Crippen LogP) is 2.12. The van der Waals surface area contributed by atoms with E-state index in [1.165, 1.54) is 19.3 Å². The predicted molar refractivity (Wildman–Crippen MR) is 76.5 cm³/mol. The van der Waals surface area contributed by atoms with Gasteiger partial charge in [0.1, 0.15) is 11.6 Å². The van der Waals surface area contributed by atoms with Gasteiger partial charge < -0.3 is 4.90 Å². The maximum Gasteiger partial charge on any atom is 0.240 e. The average molecular weight is 318 g/mol. The Kier molecular flexibility index (Phi) is 5.66. The number of benzene rings is 1. The lowest BCUT2D eigenvalue weighted by Gasteiger charge is -2.26. The highest BCUT2D eigenvalue weighted by Gasteiger charge is 2.16. The first-order chi connectivity index (χ1) is 9.97. The van der Waals surface area contributed by atoms with Gasteiger partial charge in [0.15, 0.2) is 0 Å². The van der Waals surface area contributed by atoms with Crippen molar-refractivity contribution in [3.8, 4) is 0 Å². The van der Waals surface area contributed by atoms with Gasteiger partial charge in [-0.2, -0.15) is 0 Å². The van der Waals surface area contributed by atoms with E-state index < -0.39 is 21.7 Å². The SMILES string of the molecule is O=S(=O)(NCCCN1CCCCC1)c1cc(F)cc(F)c1. The summed E-state index contributed by atoms with van der Waals surface area (Å²) >= 11 is 0. The number of hydrogen-bond acceptors (Lipinski definition) is 3. The molecule has 0 amide bonds. The summed E-state index contributed by atoms with van der Waals surface area (Å²) in [6, 6.07) is 2.28. The van der Waals surface area contributed by atoms with Gasteiger partial charge >= 0.3 is 0 Å². The van der Waals surface area contributed by atoms with Crippen molar-refractivity contribution >= 4 is 10.0 Å². The maximum absolute atomic E-state index is 13.1. The third-order valence-electron chi connectivity index (χ3n) is 3.54. The topological polar surface area (TPSA) is 49.4 Å². The molecule has 0 aliphatic carbocycles. The van der Waals surface area contributed by atoms with E-state index in [9.17, 15) is 17.2 Å². The van der Waals surface area contributed by atoms with E-state index in [1.54, 1.807) is 0 Å². The molecule has 0 saturated carbocycles. The molecule has 1 aliphatic heterocycles. The standard InChI is InChI=1S/C14H20F2N2O2S/c15-12-9-13(16)11-14(10-12)21(19,20)17-5-4-8-18-6-2-1-3-7-18/h9-11,17H,1-8H2. The second kappa shape index (κ2) is 7.29. The van der Waals surface area contributed by atoms with E-state index in [-0.39, 0.29) is 11.4 Å². The normalized spacial score (nSPS) is 17.0. The summed E-state index contributed by atoms with van der Waals surface area (Å²) in [5.74, 6) is -1.80. The summed E-state index contributed by atoms with van der Waals surface area (Å²) < 4.78 is 52.3. The Hall–Kier alpha value is -1.05. The Morgan fingerprint density at radius 3 is 2.29 bits per heavy atom. The molecule has 1 N–H and O–H groups in total. The molecule has 1 saturated heterocycles. The molecular weight excluding hydrogens is 298 g/mol. The first-order valence-electron chi connectivity index (χ1n) is 7.15. The zero-order valence-corrected chi connectivity index (χ0v) is 12.6. The number of piperidine rings is 1. The van der Waals surface area contributed by atoms with Gasteiger partial charge in [0.05, 0.1) is 4.90 Å². The minimum absolute atomic E-state index is 0.261. The molecule has 1 fully saturated rings. The highest BCUT2D eigenvalue weighted by molar-refractivity contribution is 7.89. The highest BCUT2D eigenvalue weighted by Crippen LogP contribution is 2.13. The van der Waals surface area contributed by atoms with Gasteiger partial charge in [0, 0.05) is 12.6 Å². The summed E-state index contributed by atoms with van der Waals surface area (Å²) in [6.45, 7) is 3.21. The quantitative estimate of drug-likeness (QED) is 0.818. The van der Waals surface area contributed by atoms with Gasteiger partial charge in [-0.3, -0.25) is 0 Å². The molecule has 0 atom stereocenters. The Morgan fingerprint density at radius 2 is 1.67 bits per heavy atom. The lowest BCUT2D eigenvalue weighted by Crippen LogP contribution is -2.33. The summed E-state index contributed by atoms with van der Waals surface area (Å²) in [5.41, 5.74) is 0. The number of nitrogens with one attached hydrogen (secondary N) is 1. The van der Waals surface area contributed by atoms with Crippen molar-refractivity contribution in [2.24, 2.45) is 0 Å². The van der Waals surface area contributed by atoms with E-state index >= 15 is 0 Å². The molecule has 2 rings (SSSR count). The van der Waals surface area contributed by atoms with Crippen LogP contribution in [-0.2, 0) is 10.0 Å². The van der Waals surface area contributed by atoms with Crippen LogP contribution in [0.25, 0.3) is 0 Å². The largest absolute Gasteiger partial charge is 0.303 e. The van der Waals surface area contributed by atoms with Crippen molar-refractivity contribution < 1.29 is 17.2 Å². The van der Waals surface area contributed by atoms with Gasteiger partial charge in [-0.15, -0.1) is 0 Å². The van der Waals surface area contributed by atoms with Crippen LogP contribution in [0.2, 0.25) is 0 Å². The second-order valence-electron chi connectivity index (χ2n) is 5.26. The van der Waals surface area contributed by atoms with Crippen LogP contribution < -0.4 is 4.72 Å². The summed E-state index contributed by atoms with van der Waals surface area (Å²) in [6.07, 6.45) is 4.31. The van der Waals surface area contributed by atoms with Crippen LogP contribution in [0.5, 0.6) is 0 Å². The van der Waals surface area contributed by atoms with Crippen molar-refractivity contribution in [1.29, 1.82) is 0 Å². The molecule has 0 bridgehead atoms. The minimum atomic E-state index is -3.86. The molecule has 1 aromatic rings. The van der Waals surface area contributed by atoms with E-state index in [0.717, 1.165) is 31.8 Å². The molecule has 118 valence electrons. The molecule has 0 radical (unpaired) electrons. The third-order valence-corrected chi connectivity index (χ3v) is 4.98. The lowest BCUT2D eigenvalue weighted by molar-refractivity contribution is 0.227. The summed E-state index contributed by atoms with van der Waals surface area (Å²) in [4.78, 5) is 1.93. The molecule has 0 spiro atoms. The molecular formula is C14H20F2N2O2S. The average Bonchev–Trinajstić information content (AvgIpc) is 2.44. The number of nitrogens with zero attached hydrogens (tertiary/aromatic N) is 1. The zero-order valence-electron chi connectivity index (χ0n) is 11.8.